The van der Waals surface area contributed by atoms with Gasteiger partial charge in [0.2, 0.25) is 0 Å². The first-order chi connectivity index (χ1) is 16.6. The number of nitrogens with zero attached hydrogens (tertiary/aromatic N) is 1. The number of oxazole rings is 1. The summed E-state index contributed by atoms with van der Waals surface area (Å²) in [6.45, 7) is -0.453. The molecule has 174 valence electrons. The van der Waals surface area contributed by atoms with E-state index >= 15 is 0 Å². The highest BCUT2D eigenvalue weighted by molar-refractivity contribution is 7.98. The highest BCUT2D eigenvalue weighted by Gasteiger charge is 2.16. The number of esters is 1. The number of hydrogen-bond acceptors (Lipinski definition) is 8. The van der Waals surface area contributed by atoms with E-state index in [9.17, 15) is 9.59 Å². The molecule has 1 amide bonds. The number of nitrogens with one attached hydrogen (secondary N) is 1. The van der Waals surface area contributed by atoms with Crippen LogP contribution < -0.4 is 14.8 Å². The molecule has 0 bridgehead atoms. The fraction of sp³-hybridized carbons (Fsp3) is 0.160. The third-order valence-electron chi connectivity index (χ3n) is 4.88. The Morgan fingerprint density at radius 2 is 1.79 bits per heavy atom. The maximum absolute atomic E-state index is 12.7. The van der Waals surface area contributed by atoms with Crippen LogP contribution in [0.25, 0.3) is 11.1 Å². The zero-order chi connectivity index (χ0) is 23.9. The first-order valence-electron chi connectivity index (χ1n) is 10.3. The van der Waals surface area contributed by atoms with E-state index in [4.69, 9.17) is 18.6 Å². The van der Waals surface area contributed by atoms with Crippen molar-refractivity contribution in [3.8, 4) is 11.5 Å². The molecule has 1 aromatic heterocycles. The van der Waals surface area contributed by atoms with Crippen LogP contribution in [0.3, 0.4) is 0 Å². The van der Waals surface area contributed by atoms with E-state index in [1.54, 1.807) is 30.3 Å². The number of para-hydroxylation sites is 2. The molecular formula is C25H22N2O6S. The molecule has 4 rings (SSSR count). The number of carbonyl (C=O) groups excluding carboxylic acids is 2. The quantitative estimate of drug-likeness (QED) is 0.267. The van der Waals surface area contributed by atoms with Crippen LogP contribution in [0.4, 0.5) is 5.69 Å². The number of fused-ring (bicyclic) bond motifs is 1. The molecule has 4 aromatic rings. The lowest BCUT2D eigenvalue weighted by atomic mass is 10.1. The van der Waals surface area contributed by atoms with Crippen molar-refractivity contribution in [2.45, 2.75) is 11.0 Å². The van der Waals surface area contributed by atoms with Gasteiger partial charge in [0.25, 0.3) is 11.1 Å². The predicted octanol–water partition coefficient (Wildman–Crippen LogP) is 4.93. The van der Waals surface area contributed by atoms with Gasteiger partial charge in [-0.2, -0.15) is 0 Å². The molecule has 0 aliphatic carbocycles. The number of thioether (sulfide) groups is 1. The van der Waals surface area contributed by atoms with Crippen LogP contribution in [0.1, 0.15) is 15.9 Å². The van der Waals surface area contributed by atoms with E-state index in [2.05, 4.69) is 10.3 Å². The Bertz CT molecular complexity index is 1290. The van der Waals surface area contributed by atoms with Gasteiger partial charge in [-0.15, -0.1) is 0 Å². The van der Waals surface area contributed by atoms with E-state index in [0.29, 0.717) is 39.3 Å². The van der Waals surface area contributed by atoms with Crippen molar-refractivity contribution in [3.63, 3.8) is 0 Å². The molecule has 0 fully saturated rings. The van der Waals surface area contributed by atoms with Crippen LogP contribution >= 0.6 is 11.8 Å². The van der Waals surface area contributed by atoms with Gasteiger partial charge in [0.15, 0.2) is 12.2 Å². The molecule has 0 radical (unpaired) electrons. The number of aromatic nitrogens is 1. The Hall–Kier alpha value is -3.98. The minimum absolute atomic E-state index is 0.373. The van der Waals surface area contributed by atoms with Crippen molar-refractivity contribution in [1.29, 1.82) is 0 Å². The summed E-state index contributed by atoms with van der Waals surface area (Å²) in [5, 5.41) is 3.18. The summed E-state index contributed by atoms with van der Waals surface area (Å²) in [5.74, 6) is 0.367. The van der Waals surface area contributed by atoms with Gasteiger partial charge in [-0.05, 0) is 35.9 Å². The number of carbonyl (C=O) groups is 2. The molecule has 1 N–H and O–H groups in total. The Labute approximate surface area is 200 Å². The van der Waals surface area contributed by atoms with Gasteiger partial charge in [0.1, 0.15) is 17.0 Å². The lowest BCUT2D eigenvalue weighted by Gasteiger charge is -2.12. The second-order valence-corrected chi connectivity index (χ2v) is 8.01. The molecule has 9 heteroatoms. The Balaban J connectivity index is 1.37. The van der Waals surface area contributed by atoms with Crippen molar-refractivity contribution in [1.82, 2.24) is 4.98 Å². The summed E-state index contributed by atoms with van der Waals surface area (Å²) >= 11 is 1.37. The SMILES string of the molecule is COc1ccc(OC)c(NC(=O)COC(=O)c2ccccc2CSc2nc3ccccc3o2)c1. The molecule has 1 heterocycles. The highest BCUT2D eigenvalue weighted by atomic mass is 32.2. The van der Waals surface area contributed by atoms with Gasteiger partial charge in [0.05, 0.1) is 25.5 Å². The summed E-state index contributed by atoms with van der Waals surface area (Å²) in [6.07, 6.45) is 0. The van der Waals surface area contributed by atoms with Crippen LogP contribution in [0.5, 0.6) is 11.5 Å². The molecule has 0 saturated carbocycles. The van der Waals surface area contributed by atoms with Gasteiger partial charge in [0, 0.05) is 11.8 Å². The summed E-state index contributed by atoms with van der Waals surface area (Å²) in [5.41, 5.74) is 3.01. The average Bonchev–Trinajstić information content (AvgIpc) is 3.29. The van der Waals surface area contributed by atoms with Crippen molar-refractivity contribution in [2.75, 3.05) is 26.1 Å². The predicted molar refractivity (Wildman–Crippen MR) is 128 cm³/mol. The summed E-state index contributed by atoms with van der Waals surface area (Å²) < 4.78 is 21.4. The van der Waals surface area contributed by atoms with Crippen LogP contribution in [-0.4, -0.2) is 37.7 Å². The Morgan fingerprint density at radius 1 is 1.00 bits per heavy atom. The van der Waals surface area contributed by atoms with Gasteiger partial charge in [-0.1, -0.05) is 42.1 Å². The fourth-order valence-electron chi connectivity index (χ4n) is 3.20. The lowest BCUT2D eigenvalue weighted by Crippen LogP contribution is -2.21. The normalized spacial score (nSPS) is 10.6. The molecule has 8 nitrogen and oxygen atoms in total. The minimum Gasteiger partial charge on any atom is -0.497 e. The molecular weight excluding hydrogens is 456 g/mol. The summed E-state index contributed by atoms with van der Waals surface area (Å²) in [6, 6.07) is 19.6. The third-order valence-corrected chi connectivity index (χ3v) is 5.75. The number of benzene rings is 3. The molecule has 0 atom stereocenters. The van der Waals surface area contributed by atoms with Gasteiger partial charge in [-0.25, -0.2) is 9.78 Å². The van der Waals surface area contributed by atoms with Crippen molar-refractivity contribution >= 4 is 40.4 Å². The molecule has 0 saturated heterocycles. The number of rotatable bonds is 9. The van der Waals surface area contributed by atoms with E-state index in [0.717, 1.165) is 11.1 Å². The van der Waals surface area contributed by atoms with Crippen molar-refractivity contribution in [2.24, 2.45) is 0 Å². The van der Waals surface area contributed by atoms with E-state index in [-0.39, 0.29) is 0 Å². The van der Waals surface area contributed by atoms with Crippen LogP contribution in [0.2, 0.25) is 0 Å². The molecule has 0 aliphatic heterocycles. The summed E-state index contributed by atoms with van der Waals surface area (Å²) in [7, 11) is 3.02. The average molecular weight is 479 g/mol. The topological polar surface area (TPSA) is 99.9 Å². The second kappa shape index (κ2) is 10.8. The standard InChI is InChI=1S/C25H22N2O6S/c1-30-17-11-12-21(31-2)20(13-17)26-23(28)14-32-24(29)18-8-4-3-7-16(18)15-34-25-27-19-9-5-6-10-22(19)33-25/h3-13H,14-15H2,1-2H3,(H,26,28). The van der Waals surface area contributed by atoms with Crippen LogP contribution in [-0.2, 0) is 15.3 Å². The van der Waals surface area contributed by atoms with Crippen molar-refractivity contribution in [3.05, 3.63) is 77.9 Å². The van der Waals surface area contributed by atoms with E-state index in [1.807, 2.05) is 36.4 Å². The minimum atomic E-state index is -0.596. The monoisotopic (exact) mass is 478 g/mol. The molecule has 0 spiro atoms. The van der Waals surface area contributed by atoms with Gasteiger partial charge < -0.3 is 23.9 Å². The van der Waals surface area contributed by atoms with E-state index in [1.165, 1.54) is 26.0 Å². The van der Waals surface area contributed by atoms with Gasteiger partial charge in [-0.3, -0.25) is 4.79 Å². The zero-order valence-electron chi connectivity index (χ0n) is 18.6. The molecule has 3 aromatic carbocycles. The zero-order valence-corrected chi connectivity index (χ0v) is 19.4. The maximum atomic E-state index is 12.7. The fourth-order valence-corrected chi connectivity index (χ4v) is 4.05. The van der Waals surface area contributed by atoms with Gasteiger partial charge >= 0.3 is 5.97 Å². The first-order valence-corrected chi connectivity index (χ1v) is 11.3. The Morgan fingerprint density at radius 3 is 2.59 bits per heavy atom. The first kappa shape index (κ1) is 23.2. The van der Waals surface area contributed by atoms with Crippen molar-refractivity contribution < 1.29 is 28.2 Å². The number of hydrogen-bond donors (Lipinski definition) is 1. The largest absolute Gasteiger partial charge is 0.497 e. The molecule has 0 aliphatic rings. The summed E-state index contributed by atoms with van der Waals surface area (Å²) in [4.78, 5) is 29.5. The number of amides is 1. The lowest BCUT2D eigenvalue weighted by molar-refractivity contribution is -0.119. The maximum Gasteiger partial charge on any atom is 0.338 e. The number of methoxy groups -OCH3 is 2. The Kier molecular flexibility index (Phi) is 7.34. The second-order valence-electron chi connectivity index (χ2n) is 7.08. The molecule has 0 unspecified atom stereocenters. The third kappa shape index (κ3) is 5.49. The van der Waals surface area contributed by atoms with E-state index < -0.39 is 18.5 Å². The number of anilines is 1. The highest BCUT2D eigenvalue weighted by Crippen LogP contribution is 2.29. The number of ether oxygens (including phenoxy) is 3. The van der Waals surface area contributed by atoms with Crippen LogP contribution in [0.15, 0.2) is 76.4 Å². The molecule has 34 heavy (non-hydrogen) atoms. The van der Waals surface area contributed by atoms with Crippen LogP contribution in [0, 0.1) is 0 Å². The smallest absolute Gasteiger partial charge is 0.338 e.